The van der Waals surface area contributed by atoms with Gasteiger partial charge in [0, 0.05) is 19.1 Å². The van der Waals surface area contributed by atoms with E-state index in [1.807, 2.05) is 6.07 Å². The first kappa shape index (κ1) is 15.4. The molecule has 1 aromatic rings. The first-order valence-corrected chi connectivity index (χ1v) is 7.33. The zero-order chi connectivity index (χ0) is 14.7. The lowest BCUT2D eigenvalue weighted by atomic mass is 10.1. The molecule has 2 rings (SSSR count). The van der Waals surface area contributed by atoms with Crippen LogP contribution in [0.3, 0.4) is 0 Å². The van der Waals surface area contributed by atoms with Crippen LogP contribution >= 0.6 is 11.6 Å². The third-order valence-corrected chi connectivity index (χ3v) is 4.24. The van der Waals surface area contributed by atoms with Crippen molar-refractivity contribution >= 4 is 11.6 Å². The molecule has 0 spiro atoms. The molecular formula is C15H23ClN2O2. The fraction of sp³-hybridized carbons (Fsp3) is 0.600. The fourth-order valence-corrected chi connectivity index (χ4v) is 3.05. The fourth-order valence-electron chi connectivity index (χ4n) is 2.82. The van der Waals surface area contributed by atoms with E-state index in [0.717, 1.165) is 18.7 Å². The van der Waals surface area contributed by atoms with Crippen LogP contribution in [0.15, 0.2) is 12.1 Å². The van der Waals surface area contributed by atoms with Crippen molar-refractivity contribution in [3.8, 4) is 11.5 Å². The number of hydrogen-bond donors (Lipinski definition) is 1. The Morgan fingerprint density at radius 2 is 2.25 bits per heavy atom. The Morgan fingerprint density at radius 3 is 2.85 bits per heavy atom. The predicted octanol–water partition coefficient (Wildman–Crippen LogP) is 2.58. The molecule has 1 heterocycles. The minimum absolute atomic E-state index is 0.0103. The van der Waals surface area contributed by atoms with Gasteiger partial charge in [-0.05, 0) is 51.2 Å². The van der Waals surface area contributed by atoms with Crippen LogP contribution in [0.2, 0.25) is 5.02 Å². The highest BCUT2D eigenvalue weighted by Gasteiger charge is 2.22. The first-order valence-electron chi connectivity index (χ1n) is 6.95. The highest BCUT2D eigenvalue weighted by molar-refractivity contribution is 6.32. The largest absolute Gasteiger partial charge is 0.503 e. The minimum atomic E-state index is 0.0103. The van der Waals surface area contributed by atoms with Crippen LogP contribution in [-0.2, 0) is 6.54 Å². The molecule has 0 bridgehead atoms. The van der Waals surface area contributed by atoms with E-state index in [9.17, 15) is 5.11 Å². The Morgan fingerprint density at radius 1 is 1.50 bits per heavy atom. The Balaban J connectivity index is 2.00. The van der Waals surface area contributed by atoms with Gasteiger partial charge >= 0.3 is 0 Å². The lowest BCUT2D eigenvalue weighted by molar-refractivity contribution is 0.215. The molecule has 0 amide bonds. The third kappa shape index (κ3) is 3.57. The van der Waals surface area contributed by atoms with Crippen molar-refractivity contribution in [1.82, 2.24) is 9.80 Å². The van der Waals surface area contributed by atoms with Gasteiger partial charge in [0.1, 0.15) is 0 Å². The van der Waals surface area contributed by atoms with Gasteiger partial charge in [0.15, 0.2) is 11.5 Å². The molecule has 1 N–H and O–H groups in total. The Labute approximate surface area is 125 Å². The second kappa shape index (κ2) is 6.66. The van der Waals surface area contributed by atoms with Gasteiger partial charge in [-0.25, -0.2) is 0 Å². The average Bonchev–Trinajstić information content (AvgIpc) is 2.79. The Hall–Kier alpha value is -0.970. The predicted molar refractivity (Wildman–Crippen MR) is 81.7 cm³/mol. The monoisotopic (exact) mass is 298 g/mol. The highest BCUT2D eigenvalue weighted by atomic mass is 35.5. The zero-order valence-corrected chi connectivity index (χ0v) is 13.2. The molecule has 0 aromatic heterocycles. The second-order valence-electron chi connectivity index (χ2n) is 5.60. The van der Waals surface area contributed by atoms with Gasteiger partial charge in [-0.2, -0.15) is 0 Å². The number of halogens is 1. The Bertz CT molecular complexity index is 467. The number of likely N-dealkylation sites (N-methyl/N-ethyl adjacent to an activating group) is 2. The summed E-state index contributed by atoms with van der Waals surface area (Å²) < 4.78 is 5.14. The third-order valence-electron chi connectivity index (χ3n) is 3.95. The number of methoxy groups -OCH3 is 1. The number of phenols is 1. The van der Waals surface area contributed by atoms with Crippen molar-refractivity contribution in [1.29, 1.82) is 0 Å². The lowest BCUT2D eigenvalue weighted by Gasteiger charge is -2.26. The number of aromatic hydroxyl groups is 1. The number of ether oxygens (including phenoxy) is 1. The number of hydrogen-bond acceptors (Lipinski definition) is 4. The maximum Gasteiger partial charge on any atom is 0.176 e. The van der Waals surface area contributed by atoms with E-state index < -0.39 is 0 Å². The molecule has 1 aliphatic rings. The maximum absolute atomic E-state index is 9.74. The second-order valence-corrected chi connectivity index (χ2v) is 6.01. The van der Waals surface area contributed by atoms with Crippen LogP contribution in [-0.4, -0.2) is 55.2 Å². The summed E-state index contributed by atoms with van der Waals surface area (Å²) in [6.45, 7) is 3.02. The quantitative estimate of drug-likeness (QED) is 0.906. The van der Waals surface area contributed by atoms with Crippen molar-refractivity contribution in [2.24, 2.45) is 0 Å². The van der Waals surface area contributed by atoms with Gasteiger partial charge in [0.2, 0.25) is 0 Å². The molecule has 1 aliphatic heterocycles. The molecule has 0 saturated carbocycles. The van der Waals surface area contributed by atoms with Crippen molar-refractivity contribution in [2.45, 2.75) is 25.4 Å². The average molecular weight is 299 g/mol. The molecule has 5 heteroatoms. The van der Waals surface area contributed by atoms with E-state index in [2.05, 4.69) is 23.9 Å². The topological polar surface area (TPSA) is 35.9 Å². The van der Waals surface area contributed by atoms with E-state index in [0.29, 0.717) is 16.8 Å². The molecule has 112 valence electrons. The van der Waals surface area contributed by atoms with Gasteiger partial charge in [-0.15, -0.1) is 0 Å². The highest BCUT2D eigenvalue weighted by Crippen LogP contribution is 2.35. The van der Waals surface area contributed by atoms with Crippen LogP contribution in [0, 0.1) is 0 Å². The van der Waals surface area contributed by atoms with Crippen LogP contribution in [0.4, 0.5) is 0 Å². The summed E-state index contributed by atoms with van der Waals surface area (Å²) in [5.41, 5.74) is 1.05. The molecule has 4 nitrogen and oxygen atoms in total. The molecular weight excluding hydrogens is 276 g/mol. The van der Waals surface area contributed by atoms with Crippen LogP contribution in [0.25, 0.3) is 0 Å². The lowest BCUT2D eigenvalue weighted by Crippen LogP contribution is -2.36. The van der Waals surface area contributed by atoms with Crippen molar-refractivity contribution in [3.63, 3.8) is 0 Å². The summed E-state index contributed by atoms with van der Waals surface area (Å²) in [6.07, 6.45) is 2.55. The molecule has 1 unspecified atom stereocenters. The Kier molecular flexibility index (Phi) is 5.13. The number of phenolic OH excluding ortho intramolecular Hbond substituents is 1. The van der Waals surface area contributed by atoms with E-state index in [1.165, 1.54) is 26.5 Å². The maximum atomic E-state index is 9.74. The van der Waals surface area contributed by atoms with E-state index in [-0.39, 0.29) is 5.75 Å². The van der Waals surface area contributed by atoms with Crippen LogP contribution in [0.1, 0.15) is 18.4 Å². The van der Waals surface area contributed by atoms with Crippen LogP contribution in [0.5, 0.6) is 11.5 Å². The molecule has 1 aromatic carbocycles. The van der Waals surface area contributed by atoms with Crippen molar-refractivity contribution in [3.05, 3.63) is 22.7 Å². The summed E-state index contributed by atoms with van der Waals surface area (Å²) in [6, 6.07) is 4.28. The summed E-state index contributed by atoms with van der Waals surface area (Å²) in [4.78, 5) is 4.70. The molecule has 20 heavy (non-hydrogen) atoms. The zero-order valence-electron chi connectivity index (χ0n) is 12.4. The van der Waals surface area contributed by atoms with Crippen molar-refractivity contribution < 1.29 is 9.84 Å². The van der Waals surface area contributed by atoms with Crippen LogP contribution < -0.4 is 4.74 Å². The molecule has 0 aliphatic carbocycles. The normalized spacial score (nSPS) is 19.8. The van der Waals surface area contributed by atoms with Gasteiger partial charge in [0.05, 0.1) is 12.1 Å². The van der Waals surface area contributed by atoms with Gasteiger partial charge in [0.25, 0.3) is 0 Å². The number of likely N-dealkylation sites (tertiary alicyclic amines) is 1. The van der Waals surface area contributed by atoms with Crippen molar-refractivity contribution in [2.75, 3.05) is 34.3 Å². The molecule has 1 atom stereocenters. The molecule has 1 fully saturated rings. The standard InChI is InChI=1S/C15H23ClN2O2/c1-17(10-12-5-4-6-18(12)2)9-11-7-13(16)15(19)14(8-11)20-3/h7-8,12,19H,4-6,9-10H2,1-3H3. The summed E-state index contributed by atoms with van der Waals surface area (Å²) in [5.74, 6) is 0.440. The number of benzene rings is 1. The minimum Gasteiger partial charge on any atom is -0.503 e. The number of rotatable bonds is 5. The SMILES string of the molecule is COc1cc(CN(C)CC2CCCN2C)cc(Cl)c1O. The van der Waals surface area contributed by atoms with E-state index >= 15 is 0 Å². The van der Waals surface area contributed by atoms with E-state index in [1.54, 1.807) is 6.07 Å². The van der Waals surface area contributed by atoms with E-state index in [4.69, 9.17) is 16.3 Å². The van der Waals surface area contributed by atoms with Gasteiger partial charge in [-0.3, -0.25) is 0 Å². The van der Waals surface area contributed by atoms with Gasteiger partial charge < -0.3 is 19.6 Å². The summed E-state index contributed by atoms with van der Waals surface area (Å²) in [5, 5.41) is 10.1. The number of nitrogens with zero attached hydrogens (tertiary/aromatic N) is 2. The molecule has 0 radical (unpaired) electrons. The summed E-state index contributed by atoms with van der Waals surface area (Å²) in [7, 11) is 5.83. The summed E-state index contributed by atoms with van der Waals surface area (Å²) >= 11 is 6.02. The smallest absolute Gasteiger partial charge is 0.176 e. The molecule has 1 saturated heterocycles. The van der Waals surface area contributed by atoms with Gasteiger partial charge in [-0.1, -0.05) is 11.6 Å². The first-order chi connectivity index (χ1) is 9.51.